The van der Waals surface area contributed by atoms with Gasteiger partial charge >= 0.3 is 0 Å². The Labute approximate surface area is 96.9 Å². The second-order valence-corrected chi connectivity index (χ2v) is 5.46. The van der Waals surface area contributed by atoms with E-state index in [2.05, 4.69) is 27.6 Å². The first-order valence-electron chi connectivity index (χ1n) is 5.32. The third kappa shape index (κ3) is 4.78. The van der Waals surface area contributed by atoms with Crippen molar-refractivity contribution >= 4 is 10.0 Å². The van der Waals surface area contributed by atoms with Crippen LogP contribution in [0.1, 0.15) is 12.6 Å². The highest BCUT2D eigenvalue weighted by Crippen LogP contribution is 2.00. The molecule has 0 aliphatic heterocycles. The fraction of sp³-hybridized carbons (Fsp3) is 0.600. The summed E-state index contributed by atoms with van der Waals surface area (Å²) in [4.78, 5) is 0. The number of rotatable bonds is 7. The molecule has 16 heavy (non-hydrogen) atoms. The van der Waals surface area contributed by atoms with E-state index >= 15 is 0 Å². The lowest BCUT2D eigenvalue weighted by molar-refractivity contribution is 0.578. The minimum absolute atomic E-state index is 0.422. The lowest BCUT2D eigenvalue weighted by Gasteiger charge is -2.08. The van der Waals surface area contributed by atoms with Gasteiger partial charge in [0.05, 0.1) is 6.26 Å². The van der Waals surface area contributed by atoms with Gasteiger partial charge in [-0.1, -0.05) is 0 Å². The van der Waals surface area contributed by atoms with E-state index in [1.165, 1.54) is 5.69 Å². The van der Waals surface area contributed by atoms with E-state index in [1.807, 2.05) is 12.3 Å². The minimum Gasteiger partial charge on any atom is -0.351 e. The molecule has 0 aliphatic rings. The first-order chi connectivity index (χ1) is 7.53. The Hall–Kier alpha value is -0.850. The zero-order valence-corrected chi connectivity index (χ0v) is 10.5. The summed E-state index contributed by atoms with van der Waals surface area (Å²) in [5, 5.41) is 3.19. The van der Waals surface area contributed by atoms with Gasteiger partial charge in [0.2, 0.25) is 10.0 Å². The van der Waals surface area contributed by atoms with Crippen molar-refractivity contribution in [2.24, 2.45) is 0 Å². The summed E-state index contributed by atoms with van der Waals surface area (Å²) in [5.74, 6) is 0. The Morgan fingerprint density at radius 2 is 2.12 bits per heavy atom. The standard InChI is InChI=1S/C10H19N3O2S/c1-3-13-8-4-5-10(13)9-11-6-7-12-16(2,14)15/h4-5,8,11-12H,3,6-7,9H2,1-2H3. The number of hydrogen-bond donors (Lipinski definition) is 2. The van der Waals surface area contributed by atoms with E-state index in [-0.39, 0.29) is 0 Å². The SMILES string of the molecule is CCn1cccc1CNCCNS(C)(=O)=O. The third-order valence-electron chi connectivity index (χ3n) is 2.24. The van der Waals surface area contributed by atoms with Gasteiger partial charge in [-0.05, 0) is 19.1 Å². The highest BCUT2D eigenvalue weighted by molar-refractivity contribution is 7.88. The molecule has 0 saturated carbocycles. The molecule has 0 atom stereocenters. The Morgan fingerprint density at radius 1 is 1.38 bits per heavy atom. The molecule has 0 radical (unpaired) electrons. The highest BCUT2D eigenvalue weighted by Gasteiger charge is 2.00. The van der Waals surface area contributed by atoms with Crippen molar-refractivity contribution < 1.29 is 8.42 Å². The monoisotopic (exact) mass is 245 g/mol. The molecule has 1 heterocycles. The maximum absolute atomic E-state index is 10.8. The van der Waals surface area contributed by atoms with Gasteiger partial charge in [0, 0.05) is 38.1 Å². The van der Waals surface area contributed by atoms with Gasteiger partial charge in [-0.25, -0.2) is 13.1 Å². The van der Waals surface area contributed by atoms with E-state index in [4.69, 9.17) is 0 Å². The Kier molecular flexibility index (Phi) is 4.98. The van der Waals surface area contributed by atoms with Gasteiger partial charge in [-0.3, -0.25) is 0 Å². The van der Waals surface area contributed by atoms with Crippen molar-refractivity contribution in [2.75, 3.05) is 19.3 Å². The number of hydrogen-bond acceptors (Lipinski definition) is 3. The van der Waals surface area contributed by atoms with Crippen LogP contribution in [0.3, 0.4) is 0 Å². The fourth-order valence-corrected chi connectivity index (χ4v) is 1.93. The average Bonchev–Trinajstić information content (AvgIpc) is 2.63. The quantitative estimate of drug-likeness (QED) is 0.672. The van der Waals surface area contributed by atoms with Gasteiger partial charge in [0.25, 0.3) is 0 Å². The van der Waals surface area contributed by atoms with E-state index in [0.717, 1.165) is 19.3 Å². The Balaban J connectivity index is 2.21. The summed E-state index contributed by atoms with van der Waals surface area (Å²) < 4.78 is 26.1. The topological polar surface area (TPSA) is 63.1 Å². The van der Waals surface area contributed by atoms with Crippen molar-refractivity contribution in [3.05, 3.63) is 24.0 Å². The van der Waals surface area contributed by atoms with Crippen LogP contribution in [0.4, 0.5) is 0 Å². The smallest absolute Gasteiger partial charge is 0.208 e. The normalized spacial score (nSPS) is 11.9. The predicted molar refractivity (Wildman–Crippen MR) is 64.7 cm³/mol. The molecule has 0 aromatic carbocycles. The third-order valence-corrected chi connectivity index (χ3v) is 2.96. The molecule has 1 aromatic rings. The summed E-state index contributed by atoms with van der Waals surface area (Å²) in [6.45, 7) is 4.85. The molecule has 92 valence electrons. The molecule has 0 aliphatic carbocycles. The maximum atomic E-state index is 10.8. The fourth-order valence-electron chi connectivity index (χ4n) is 1.46. The molecule has 5 nitrogen and oxygen atoms in total. The molecule has 0 fully saturated rings. The van der Waals surface area contributed by atoms with Crippen molar-refractivity contribution in [1.82, 2.24) is 14.6 Å². The van der Waals surface area contributed by atoms with Gasteiger partial charge in [-0.15, -0.1) is 0 Å². The van der Waals surface area contributed by atoms with Crippen LogP contribution in [0, 0.1) is 0 Å². The molecule has 1 rings (SSSR count). The second kappa shape index (κ2) is 6.03. The largest absolute Gasteiger partial charge is 0.351 e. The van der Waals surface area contributed by atoms with Crippen LogP contribution >= 0.6 is 0 Å². The number of nitrogens with one attached hydrogen (secondary N) is 2. The van der Waals surface area contributed by atoms with Crippen molar-refractivity contribution in [3.63, 3.8) is 0 Å². The van der Waals surface area contributed by atoms with Gasteiger partial charge < -0.3 is 9.88 Å². The van der Waals surface area contributed by atoms with Crippen molar-refractivity contribution in [3.8, 4) is 0 Å². The van der Waals surface area contributed by atoms with Crippen LogP contribution in [0.15, 0.2) is 18.3 Å². The number of aryl methyl sites for hydroxylation is 1. The first kappa shape index (κ1) is 13.2. The van der Waals surface area contributed by atoms with Crippen molar-refractivity contribution in [1.29, 1.82) is 0 Å². The summed E-state index contributed by atoms with van der Waals surface area (Å²) in [7, 11) is -3.07. The van der Waals surface area contributed by atoms with Crippen LogP contribution in [-0.2, 0) is 23.1 Å². The maximum Gasteiger partial charge on any atom is 0.208 e. The van der Waals surface area contributed by atoms with Crippen LogP contribution in [0.2, 0.25) is 0 Å². The van der Waals surface area contributed by atoms with Crippen LogP contribution in [-0.4, -0.2) is 32.3 Å². The van der Waals surface area contributed by atoms with Gasteiger partial charge in [0.15, 0.2) is 0 Å². The lowest BCUT2D eigenvalue weighted by Crippen LogP contribution is -2.31. The molecule has 0 saturated heterocycles. The molecule has 2 N–H and O–H groups in total. The molecule has 6 heteroatoms. The Bertz CT molecular complexity index is 411. The van der Waals surface area contributed by atoms with Crippen LogP contribution in [0.5, 0.6) is 0 Å². The summed E-state index contributed by atoms with van der Waals surface area (Å²) in [6, 6.07) is 4.07. The lowest BCUT2D eigenvalue weighted by atomic mass is 10.4. The number of aromatic nitrogens is 1. The van der Waals surface area contributed by atoms with E-state index in [9.17, 15) is 8.42 Å². The zero-order valence-electron chi connectivity index (χ0n) is 9.73. The molecular weight excluding hydrogens is 226 g/mol. The summed E-state index contributed by atoms with van der Waals surface area (Å²) in [6.07, 6.45) is 3.20. The van der Waals surface area contributed by atoms with Gasteiger partial charge in [0.1, 0.15) is 0 Å². The van der Waals surface area contributed by atoms with Gasteiger partial charge in [-0.2, -0.15) is 0 Å². The summed E-state index contributed by atoms with van der Waals surface area (Å²) in [5.41, 5.74) is 1.21. The minimum atomic E-state index is -3.07. The van der Waals surface area contributed by atoms with E-state index in [0.29, 0.717) is 13.1 Å². The molecule has 0 amide bonds. The number of nitrogens with zero attached hydrogens (tertiary/aromatic N) is 1. The number of sulfonamides is 1. The van der Waals surface area contributed by atoms with Crippen LogP contribution in [0.25, 0.3) is 0 Å². The second-order valence-electron chi connectivity index (χ2n) is 3.63. The van der Waals surface area contributed by atoms with E-state index < -0.39 is 10.0 Å². The first-order valence-corrected chi connectivity index (χ1v) is 7.21. The molecule has 0 bridgehead atoms. The Morgan fingerprint density at radius 3 is 2.75 bits per heavy atom. The highest BCUT2D eigenvalue weighted by atomic mass is 32.2. The van der Waals surface area contributed by atoms with Crippen molar-refractivity contribution in [2.45, 2.75) is 20.0 Å². The van der Waals surface area contributed by atoms with E-state index in [1.54, 1.807) is 0 Å². The molecule has 1 aromatic heterocycles. The summed E-state index contributed by atoms with van der Waals surface area (Å²) >= 11 is 0. The predicted octanol–water partition coefficient (Wildman–Crippen LogP) is 0.147. The van der Waals surface area contributed by atoms with Crippen LogP contribution < -0.4 is 10.0 Å². The molecule has 0 spiro atoms. The molecular formula is C10H19N3O2S. The zero-order chi connectivity index (χ0) is 12.0. The average molecular weight is 245 g/mol. The molecule has 0 unspecified atom stereocenters.